The van der Waals surface area contributed by atoms with E-state index in [2.05, 4.69) is 15.6 Å². The molecule has 1 aliphatic rings. The van der Waals surface area contributed by atoms with Gasteiger partial charge in [-0.05, 0) is 6.92 Å². The number of hydrogen-bond acceptors (Lipinski definition) is 5. The van der Waals surface area contributed by atoms with Crippen molar-refractivity contribution in [2.75, 3.05) is 26.3 Å². The average molecular weight is 241 g/mol. The van der Waals surface area contributed by atoms with E-state index in [-0.39, 0.29) is 11.9 Å². The third-order valence-electron chi connectivity index (χ3n) is 2.46. The molecule has 2 heterocycles. The van der Waals surface area contributed by atoms with Gasteiger partial charge in [0.25, 0.3) is 5.91 Å². The van der Waals surface area contributed by atoms with Crippen LogP contribution in [0.15, 0.2) is 5.51 Å². The zero-order chi connectivity index (χ0) is 11.4. The van der Waals surface area contributed by atoms with Gasteiger partial charge in [-0.1, -0.05) is 0 Å². The molecule has 2 rings (SSSR count). The maximum Gasteiger partial charge on any atom is 0.263 e. The number of rotatable bonds is 3. The molecule has 2 N–H and O–H groups in total. The molecule has 6 heteroatoms. The molecular formula is C10H15N3O2S. The van der Waals surface area contributed by atoms with Crippen LogP contribution < -0.4 is 10.6 Å². The lowest BCUT2D eigenvalue weighted by atomic mass is 10.2. The van der Waals surface area contributed by atoms with Crippen molar-refractivity contribution in [3.05, 3.63) is 16.1 Å². The highest BCUT2D eigenvalue weighted by Crippen LogP contribution is 2.11. The molecule has 0 radical (unpaired) electrons. The van der Waals surface area contributed by atoms with Crippen molar-refractivity contribution in [2.24, 2.45) is 0 Å². The van der Waals surface area contributed by atoms with Crippen molar-refractivity contribution in [3.63, 3.8) is 0 Å². The molecule has 1 fully saturated rings. The summed E-state index contributed by atoms with van der Waals surface area (Å²) in [5.41, 5.74) is 2.47. The first-order valence-electron chi connectivity index (χ1n) is 5.27. The normalized spacial score (nSPS) is 20.7. The molecule has 0 saturated carbocycles. The van der Waals surface area contributed by atoms with E-state index in [4.69, 9.17) is 4.74 Å². The van der Waals surface area contributed by atoms with Gasteiger partial charge >= 0.3 is 0 Å². The van der Waals surface area contributed by atoms with Crippen LogP contribution in [0.5, 0.6) is 0 Å². The SMILES string of the molecule is Cc1ncsc1C(=O)NCC1COCCN1. The average Bonchev–Trinajstić information content (AvgIpc) is 2.74. The number of nitrogens with one attached hydrogen (secondary N) is 2. The van der Waals surface area contributed by atoms with Crippen molar-refractivity contribution >= 4 is 17.2 Å². The van der Waals surface area contributed by atoms with Gasteiger partial charge in [-0.25, -0.2) is 4.98 Å². The van der Waals surface area contributed by atoms with E-state index >= 15 is 0 Å². The standard InChI is InChI=1S/C10H15N3O2S/c1-7-9(16-6-13-7)10(14)12-4-8-5-15-3-2-11-8/h6,8,11H,2-5H2,1H3,(H,12,14). The maximum absolute atomic E-state index is 11.8. The zero-order valence-corrected chi connectivity index (χ0v) is 9.97. The summed E-state index contributed by atoms with van der Waals surface area (Å²) in [6, 6.07) is 0.214. The van der Waals surface area contributed by atoms with Crippen LogP contribution in [-0.2, 0) is 4.74 Å². The van der Waals surface area contributed by atoms with Crippen LogP contribution in [0.25, 0.3) is 0 Å². The lowest BCUT2D eigenvalue weighted by molar-refractivity contribution is 0.0735. The maximum atomic E-state index is 11.8. The second-order valence-corrected chi connectivity index (χ2v) is 4.56. The summed E-state index contributed by atoms with van der Waals surface area (Å²) in [5.74, 6) is -0.0487. The predicted octanol–water partition coefficient (Wildman–Crippen LogP) is 0.170. The number of ether oxygens (including phenoxy) is 1. The molecule has 0 aliphatic carbocycles. The number of carbonyl (C=O) groups excluding carboxylic acids is 1. The topological polar surface area (TPSA) is 63.2 Å². The molecule has 5 nitrogen and oxygen atoms in total. The Kier molecular flexibility index (Phi) is 3.87. The van der Waals surface area contributed by atoms with E-state index in [1.54, 1.807) is 5.51 Å². The highest BCUT2D eigenvalue weighted by molar-refractivity contribution is 7.11. The Hall–Kier alpha value is -0.980. The minimum atomic E-state index is -0.0487. The van der Waals surface area contributed by atoms with Gasteiger partial charge in [-0.15, -0.1) is 11.3 Å². The van der Waals surface area contributed by atoms with Crippen molar-refractivity contribution in [2.45, 2.75) is 13.0 Å². The van der Waals surface area contributed by atoms with Gasteiger partial charge < -0.3 is 15.4 Å². The Morgan fingerprint density at radius 1 is 1.81 bits per heavy atom. The molecule has 0 aromatic carbocycles. The summed E-state index contributed by atoms with van der Waals surface area (Å²) < 4.78 is 5.31. The highest BCUT2D eigenvalue weighted by Gasteiger charge is 2.16. The molecule has 16 heavy (non-hydrogen) atoms. The van der Waals surface area contributed by atoms with Crippen LogP contribution in [-0.4, -0.2) is 43.2 Å². The van der Waals surface area contributed by atoms with E-state index in [0.717, 1.165) is 18.8 Å². The van der Waals surface area contributed by atoms with Gasteiger partial charge in [0.1, 0.15) is 4.88 Å². The Balaban J connectivity index is 1.81. The third kappa shape index (κ3) is 2.78. The first-order valence-corrected chi connectivity index (χ1v) is 6.15. The largest absolute Gasteiger partial charge is 0.378 e. The third-order valence-corrected chi connectivity index (χ3v) is 3.39. The molecule has 1 amide bonds. The van der Waals surface area contributed by atoms with E-state index in [0.29, 0.717) is 18.0 Å². The van der Waals surface area contributed by atoms with Crippen molar-refractivity contribution in [1.82, 2.24) is 15.6 Å². The number of thiazole rings is 1. The fraction of sp³-hybridized carbons (Fsp3) is 0.600. The lowest BCUT2D eigenvalue weighted by Crippen LogP contribution is -2.48. The number of carbonyl (C=O) groups is 1. The molecule has 0 spiro atoms. The monoisotopic (exact) mass is 241 g/mol. The Bertz CT molecular complexity index is 361. The number of morpholine rings is 1. The van der Waals surface area contributed by atoms with Crippen molar-refractivity contribution < 1.29 is 9.53 Å². The molecular weight excluding hydrogens is 226 g/mol. The summed E-state index contributed by atoms with van der Waals surface area (Å²) in [6.07, 6.45) is 0. The number of hydrogen-bond donors (Lipinski definition) is 2. The van der Waals surface area contributed by atoms with Crippen LogP contribution in [0.4, 0.5) is 0 Å². The van der Waals surface area contributed by atoms with E-state index in [9.17, 15) is 4.79 Å². The number of amides is 1. The van der Waals surface area contributed by atoms with Crippen LogP contribution in [0.3, 0.4) is 0 Å². The lowest BCUT2D eigenvalue weighted by Gasteiger charge is -2.23. The van der Waals surface area contributed by atoms with Crippen molar-refractivity contribution in [3.8, 4) is 0 Å². The predicted molar refractivity (Wildman–Crippen MR) is 61.8 cm³/mol. The van der Waals surface area contributed by atoms with Gasteiger partial charge in [-0.3, -0.25) is 4.79 Å². The second-order valence-electron chi connectivity index (χ2n) is 3.70. The van der Waals surface area contributed by atoms with Crippen LogP contribution in [0.2, 0.25) is 0 Å². The molecule has 0 bridgehead atoms. The van der Waals surface area contributed by atoms with Crippen molar-refractivity contribution in [1.29, 1.82) is 0 Å². The van der Waals surface area contributed by atoms with Gasteiger partial charge in [0.05, 0.1) is 24.4 Å². The Morgan fingerprint density at radius 2 is 2.69 bits per heavy atom. The molecule has 1 aliphatic heterocycles. The van der Waals surface area contributed by atoms with Crippen LogP contribution in [0.1, 0.15) is 15.4 Å². The summed E-state index contributed by atoms with van der Waals surface area (Å²) in [4.78, 5) is 16.5. The Labute approximate surface area is 98.2 Å². The molecule has 88 valence electrons. The molecule has 1 saturated heterocycles. The zero-order valence-electron chi connectivity index (χ0n) is 9.16. The molecule has 1 aromatic rings. The second kappa shape index (κ2) is 5.38. The van der Waals surface area contributed by atoms with Crippen LogP contribution >= 0.6 is 11.3 Å². The summed E-state index contributed by atoms with van der Waals surface area (Å²) in [5, 5.41) is 6.17. The minimum Gasteiger partial charge on any atom is -0.378 e. The molecule has 1 unspecified atom stereocenters. The molecule has 1 atom stereocenters. The van der Waals surface area contributed by atoms with E-state index < -0.39 is 0 Å². The van der Waals surface area contributed by atoms with Gasteiger partial charge in [0.15, 0.2) is 0 Å². The smallest absolute Gasteiger partial charge is 0.263 e. The molecule has 1 aromatic heterocycles. The van der Waals surface area contributed by atoms with E-state index in [1.165, 1.54) is 11.3 Å². The van der Waals surface area contributed by atoms with Gasteiger partial charge in [0.2, 0.25) is 0 Å². The highest BCUT2D eigenvalue weighted by atomic mass is 32.1. The van der Waals surface area contributed by atoms with Crippen LogP contribution in [0, 0.1) is 6.92 Å². The first-order chi connectivity index (χ1) is 7.77. The summed E-state index contributed by atoms with van der Waals surface area (Å²) in [6.45, 7) is 4.68. The first kappa shape index (κ1) is 11.5. The number of aromatic nitrogens is 1. The van der Waals surface area contributed by atoms with Gasteiger partial charge in [-0.2, -0.15) is 0 Å². The fourth-order valence-electron chi connectivity index (χ4n) is 1.57. The summed E-state index contributed by atoms with van der Waals surface area (Å²) >= 11 is 1.37. The van der Waals surface area contributed by atoms with Gasteiger partial charge in [0, 0.05) is 19.1 Å². The minimum absolute atomic E-state index is 0.0487. The number of aryl methyl sites for hydroxylation is 1. The quantitative estimate of drug-likeness (QED) is 0.792. The van der Waals surface area contributed by atoms with E-state index in [1.807, 2.05) is 6.92 Å². The summed E-state index contributed by atoms with van der Waals surface area (Å²) in [7, 11) is 0. The fourth-order valence-corrected chi connectivity index (χ4v) is 2.29. The Morgan fingerprint density at radius 3 is 3.31 bits per heavy atom. The number of nitrogens with zero attached hydrogens (tertiary/aromatic N) is 1.